The Morgan fingerprint density at radius 2 is 1.64 bits per heavy atom. The number of benzene rings is 1. The molecule has 0 saturated carbocycles. The van der Waals surface area contributed by atoms with Crippen molar-refractivity contribution in [1.29, 1.82) is 0 Å². The molecule has 1 saturated heterocycles. The number of carboxylic acids is 1. The Balaban J connectivity index is 2.44. The third-order valence-corrected chi connectivity index (χ3v) is 4.65. The molecule has 1 aromatic carbocycles. The lowest BCUT2D eigenvalue weighted by molar-refractivity contribution is 0.00578. The van der Waals surface area contributed by atoms with Crippen LogP contribution in [0.2, 0.25) is 0 Å². The van der Waals surface area contributed by atoms with Crippen LogP contribution in [0.15, 0.2) is 17.6 Å². The molecule has 2 rings (SSSR count). The van der Waals surface area contributed by atoms with Crippen molar-refractivity contribution in [3.8, 4) is 11.5 Å². The van der Waals surface area contributed by atoms with Crippen molar-refractivity contribution < 1.29 is 29.4 Å². The predicted molar refractivity (Wildman–Crippen MR) is 94.7 cm³/mol. The van der Waals surface area contributed by atoms with E-state index in [-0.39, 0.29) is 22.6 Å². The minimum Gasteiger partial charge on any atom is -0.507 e. The van der Waals surface area contributed by atoms with Crippen LogP contribution in [0.25, 0.3) is 6.08 Å². The fourth-order valence-corrected chi connectivity index (χ4v) is 2.48. The zero-order valence-corrected chi connectivity index (χ0v) is 15.1. The Labute approximate surface area is 147 Å². The summed E-state index contributed by atoms with van der Waals surface area (Å²) in [7, 11) is 1.10. The van der Waals surface area contributed by atoms with Crippen LogP contribution in [0, 0.1) is 0 Å². The third kappa shape index (κ3) is 3.81. The first kappa shape index (κ1) is 19.3. The van der Waals surface area contributed by atoms with Crippen molar-refractivity contribution >= 4 is 19.2 Å². The van der Waals surface area contributed by atoms with Gasteiger partial charge in [-0.05, 0) is 52.3 Å². The number of hydrogen-bond acceptors (Lipinski definition) is 6. The summed E-state index contributed by atoms with van der Waals surface area (Å²) in [6, 6.07) is 2.18. The van der Waals surface area contributed by atoms with Gasteiger partial charge in [-0.25, -0.2) is 4.79 Å². The summed E-state index contributed by atoms with van der Waals surface area (Å²) in [6.45, 7) is 8.12. The molecular weight excluding hydrogens is 325 g/mol. The number of likely N-dealkylation sites (N-methyl/N-ethyl adjacent to an activating group) is 1. The standard InChI is InChI=1S/C17H24BNO6/c1-16(2)17(3,4)25-18(24-16)11(9-19-5)8-12-13(20)6-10(15(22)23)7-14(12)21/h6-8,19-21H,9H2,1-5H3,(H,22,23). The van der Waals surface area contributed by atoms with E-state index in [4.69, 9.17) is 14.4 Å². The highest BCUT2D eigenvalue weighted by atomic mass is 16.7. The second-order valence-corrected chi connectivity index (χ2v) is 7.07. The van der Waals surface area contributed by atoms with E-state index in [1.807, 2.05) is 27.7 Å². The summed E-state index contributed by atoms with van der Waals surface area (Å²) in [4.78, 5) is 11.0. The van der Waals surface area contributed by atoms with E-state index in [1.54, 1.807) is 13.1 Å². The Bertz CT molecular complexity index is 674. The molecule has 1 aromatic rings. The molecule has 136 valence electrons. The monoisotopic (exact) mass is 349 g/mol. The molecule has 8 heteroatoms. The van der Waals surface area contributed by atoms with Gasteiger partial charge in [0.15, 0.2) is 0 Å². The van der Waals surface area contributed by atoms with Crippen molar-refractivity contribution in [2.24, 2.45) is 0 Å². The maximum atomic E-state index is 11.0. The maximum absolute atomic E-state index is 11.0. The molecule has 0 aliphatic carbocycles. The Morgan fingerprint density at radius 1 is 1.16 bits per heavy atom. The van der Waals surface area contributed by atoms with Gasteiger partial charge in [0.05, 0.1) is 22.3 Å². The first-order chi connectivity index (χ1) is 11.5. The molecular formula is C17H24BNO6. The van der Waals surface area contributed by atoms with E-state index in [0.717, 1.165) is 12.1 Å². The summed E-state index contributed by atoms with van der Waals surface area (Å²) >= 11 is 0. The van der Waals surface area contributed by atoms with Crippen LogP contribution in [0.4, 0.5) is 0 Å². The van der Waals surface area contributed by atoms with Crippen molar-refractivity contribution in [3.05, 3.63) is 28.7 Å². The van der Waals surface area contributed by atoms with Gasteiger partial charge in [0, 0.05) is 6.54 Å². The van der Waals surface area contributed by atoms with E-state index >= 15 is 0 Å². The summed E-state index contributed by atoms with van der Waals surface area (Å²) in [5.41, 5.74) is -0.471. The highest BCUT2D eigenvalue weighted by Crippen LogP contribution is 2.39. The van der Waals surface area contributed by atoms with Crippen molar-refractivity contribution in [1.82, 2.24) is 5.32 Å². The Kier molecular flexibility index (Phi) is 5.18. The van der Waals surface area contributed by atoms with Gasteiger partial charge in [0.1, 0.15) is 11.5 Å². The van der Waals surface area contributed by atoms with Gasteiger partial charge >= 0.3 is 13.1 Å². The molecule has 0 atom stereocenters. The van der Waals surface area contributed by atoms with Crippen LogP contribution in [0.3, 0.4) is 0 Å². The van der Waals surface area contributed by atoms with Gasteiger partial charge in [-0.3, -0.25) is 0 Å². The molecule has 25 heavy (non-hydrogen) atoms. The fourth-order valence-electron chi connectivity index (χ4n) is 2.48. The number of carboxylic acid groups (broad SMARTS) is 1. The molecule has 0 bridgehead atoms. The van der Waals surface area contributed by atoms with E-state index in [1.165, 1.54) is 0 Å². The summed E-state index contributed by atoms with van der Waals surface area (Å²) in [5, 5.41) is 32.2. The normalized spacial score (nSPS) is 19.2. The molecule has 0 spiro atoms. The lowest BCUT2D eigenvalue weighted by atomic mass is 9.76. The highest BCUT2D eigenvalue weighted by molar-refractivity contribution is 6.56. The minimum absolute atomic E-state index is 0.116. The van der Waals surface area contributed by atoms with Gasteiger partial charge in [-0.1, -0.05) is 6.08 Å². The van der Waals surface area contributed by atoms with Crippen LogP contribution < -0.4 is 5.32 Å². The molecule has 1 aliphatic heterocycles. The zero-order chi connectivity index (χ0) is 19.0. The molecule has 0 amide bonds. The number of aromatic hydroxyl groups is 2. The predicted octanol–water partition coefficient (Wildman–Crippen LogP) is 2.03. The first-order valence-electron chi connectivity index (χ1n) is 7.98. The van der Waals surface area contributed by atoms with Gasteiger partial charge < -0.3 is 29.9 Å². The van der Waals surface area contributed by atoms with Crippen LogP contribution in [-0.2, 0) is 9.31 Å². The van der Waals surface area contributed by atoms with Crippen molar-refractivity contribution in [2.75, 3.05) is 13.6 Å². The lowest BCUT2D eigenvalue weighted by Crippen LogP contribution is -2.41. The summed E-state index contributed by atoms with van der Waals surface area (Å²) in [5.74, 6) is -1.90. The largest absolute Gasteiger partial charge is 0.507 e. The summed E-state index contributed by atoms with van der Waals surface area (Å²) < 4.78 is 12.0. The van der Waals surface area contributed by atoms with Crippen LogP contribution in [0.5, 0.6) is 11.5 Å². The number of aromatic carboxylic acids is 1. The second kappa shape index (κ2) is 6.70. The van der Waals surface area contributed by atoms with Gasteiger partial charge in [-0.15, -0.1) is 0 Å². The number of carbonyl (C=O) groups is 1. The van der Waals surface area contributed by atoms with E-state index in [2.05, 4.69) is 5.32 Å². The quantitative estimate of drug-likeness (QED) is 0.603. The molecule has 0 aromatic heterocycles. The number of phenolic OH excluding ortho intramolecular Hbond substituents is 2. The van der Waals surface area contributed by atoms with E-state index in [9.17, 15) is 15.0 Å². The molecule has 1 heterocycles. The molecule has 0 unspecified atom stereocenters. The Hall–Kier alpha value is -2.03. The SMILES string of the molecule is CNCC(=Cc1c(O)cc(C(=O)O)cc1O)B1OC(C)(C)C(C)(C)O1. The molecule has 1 aliphatic rings. The average molecular weight is 349 g/mol. The van der Waals surface area contributed by atoms with Gasteiger partial charge in [-0.2, -0.15) is 0 Å². The van der Waals surface area contributed by atoms with E-state index < -0.39 is 24.3 Å². The van der Waals surface area contributed by atoms with Crippen LogP contribution in [-0.4, -0.2) is 53.2 Å². The van der Waals surface area contributed by atoms with E-state index in [0.29, 0.717) is 12.0 Å². The van der Waals surface area contributed by atoms with Gasteiger partial charge in [0.2, 0.25) is 0 Å². The smallest absolute Gasteiger partial charge is 0.491 e. The molecule has 1 fully saturated rings. The van der Waals surface area contributed by atoms with Crippen LogP contribution >= 0.6 is 0 Å². The van der Waals surface area contributed by atoms with Crippen molar-refractivity contribution in [3.63, 3.8) is 0 Å². The maximum Gasteiger partial charge on any atom is 0.491 e. The lowest BCUT2D eigenvalue weighted by Gasteiger charge is -2.32. The molecule has 7 nitrogen and oxygen atoms in total. The number of phenols is 2. The summed E-state index contributed by atoms with van der Waals surface area (Å²) in [6.07, 6.45) is 1.55. The minimum atomic E-state index is -1.23. The van der Waals surface area contributed by atoms with Crippen molar-refractivity contribution in [2.45, 2.75) is 38.9 Å². The molecule has 4 N–H and O–H groups in total. The average Bonchev–Trinajstić information content (AvgIpc) is 2.69. The second-order valence-electron chi connectivity index (χ2n) is 7.07. The van der Waals surface area contributed by atoms with Gasteiger partial charge in [0.25, 0.3) is 0 Å². The topological polar surface area (TPSA) is 108 Å². The Morgan fingerprint density at radius 3 is 2.04 bits per heavy atom. The van der Waals surface area contributed by atoms with Crippen LogP contribution in [0.1, 0.15) is 43.6 Å². The molecule has 0 radical (unpaired) electrons. The first-order valence-corrected chi connectivity index (χ1v) is 7.98. The number of hydrogen-bond donors (Lipinski definition) is 4. The fraction of sp³-hybridized carbons (Fsp3) is 0.471. The zero-order valence-electron chi connectivity index (χ0n) is 15.1. The highest BCUT2D eigenvalue weighted by Gasteiger charge is 2.52. The third-order valence-electron chi connectivity index (χ3n) is 4.65. The number of nitrogens with one attached hydrogen (secondary N) is 1. The number of rotatable bonds is 5.